The first-order valence-electron chi connectivity index (χ1n) is 13.1. The number of alkyl halides is 6. The molecule has 11 heteroatoms. The van der Waals surface area contributed by atoms with Crippen LogP contribution in [0.5, 0.6) is 0 Å². The van der Waals surface area contributed by atoms with Crippen LogP contribution in [-0.4, -0.2) is 54.9 Å². The Labute approximate surface area is 229 Å². The number of nitrogens with one attached hydrogen (secondary N) is 1. The molecule has 5 nitrogen and oxygen atoms in total. The van der Waals surface area contributed by atoms with Crippen LogP contribution in [0.4, 0.5) is 26.3 Å². The zero-order valence-electron chi connectivity index (χ0n) is 24.5. The van der Waals surface area contributed by atoms with Crippen LogP contribution in [0.15, 0.2) is 30.4 Å². The fraction of sp³-hybridized carbons (Fsp3) is 0.679. The van der Waals surface area contributed by atoms with E-state index in [-0.39, 0.29) is 23.8 Å². The minimum absolute atomic E-state index is 0.0612. The normalized spacial score (nSPS) is 17.4. The molecule has 2 rings (SSSR count). The maximum absolute atomic E-state index is 12.9. The van der Waals surface area contributed by atoms with Gasteiger partial charge in [-0.15, -0.1) is 0 Å². The predicted octanol–water partition coefficient (Wildman–Crippen LogP) is 7.08. The first-order chi connectivity index (χ1) is 18.0. The van der Waals surface area contributed by atoms with Crippen molar-refractivity contribution in [3.8, 4) is 0 Å². The Morgan fingerprint density at radius 3 is 1.82 bits per heavy atom. The van der Waals surface area contributed by atoms with Crippen molar-refractivity contribution in [3.63, 3.8) is 0 Å². The monoisotopic (exact) mass is 572 g/mol. The number of ether oxygens (including phenoxy) is 1. The van der Waals surface area contributed by atoms with Gasteiger partial charge in [-0.3, -0.25) is 9.69 Å². The Morgan fingerprint density at radius 2 is 1.46 bits per heavy atom. The second-order valence-electron chi connectivity index (χ2n) is 9.02. The molecular weight excluding hydrogens is 526 g/mol. The van der Waals surface area contributed by atoms with Gasteiger partial charge in [0.1, 0.15) is 0 Å². The number of likely N-dealkylation sites (N-methyl/N-ethyl adjacent to an activating group) is 1. The number of aliphatic hydroxyl groups excluding tert-OH is 1. The lowest BCUT2D eigenvalue weighted by molar-refractivity contribution is -0.143. The topological polar surface area (TPSA) is 61.8 Å². The van der Waals surface area contributed by atoms with Gasteiger partial charge in [0.2, 0.25) is 5.91 Å². The second-order valence-corrected chi connectivity index (χ2v) is 9.02. The smallest absolute Gasteiger partial charge is 0.394 e. The van der Waals surface area contributed by atoms with Crippen LogP contribution in [0, 0.1) is 5.92 Å². The molecule has 228 valence electrons. The molecule has 1 aliphatic carbocycles. The Balaban J connectivity index is 0. The van der Waals surface area contributed by atoms with Gasteiger partial charge in [0, 0.05) is 38.4 Å². The zero-order valence-corrected chi connectivity index (χ0v) is 24.5. The molecular formula is C28H46F6N2O3. The zero-order chi connectivity index (χ0) is 31.0. The molecule has 0 aliphatic heterocycles. The molecule has 1 aromatic rings. The average molecular weight is 573 g/mol. The largest absolute Gasteiger partial charge is 0.416 e. The van der Waals surface area contributed by atoms with Crippen LogP contribution in [0.1, 0.15) is 78.0 Å². The summed E-state index contributed by atoms with van der Waals surface area (Å²) in [5, 5.41) is 10.5. The number of carbonyl (C=O) groups excluding carboxylic acids is 1. The van der Waals surface area contributed by atoms with Gasteiger partial charge in [-0.1, -0.05) is 32.9 Å². The van der Waals surface area contributed by atoms with Gasteiger partial charge >= 0.3 is 12.4 Å². The number of benzene rings is 1. The Kier molecular flexibility index (Phi) is 19.1. The molecule has 0 heterocycles. The summed E-state index contributed by atoms with van der Waals surface area (Å²) in [5.74, 6) is -0.897. The summed E-state index contributed by atoms with van der Waals surface area (Å²) in [4.78, 5) is 14.5. The van der Waals surface area contributed by atoms with E-state index >= 15 is 0 Å². The minimum atomic E-state index is -4.91. The first-order valence-corrected chi connectivity index (χ1v) is 13.1. The third kappa shape index (κ3) is 15.9. The lowest BCUT2D eigenvalue weighted by Crippen LogP contribution is -2.38. The first kappa shape index (κ1) is 39.0. The molecule has 1 aromatic carbocycles. The van der Waals surface area contributed by atoms with E-state index in [4.69, 9.17) is 5.11 Å². The van der Waals surface area contributed by atoms with Crippen molar-refractivity contribution < 1.29 is 41.0 Å². The van der Waals surface area contributed by atoms with Crippen LogP contribution < -0.4 is 5.32 Å². The number of carbonyl (C=O) groups is 1. The average Bonchev–Trinajstić information content (AvgIpc) is 3.36. The van der Waals surface area contributed by atoms with E-state index in [0.29, 0.717) is 24.6 Å². The number of hydrogen-bond acceptors (Lipinski definition) is 4. The summed E-state index contributed by atoms with van der Waals surface area (Å²) in [6.45, 7) is 13.9. The lowest BCUT2D eigenvalue weighted by Gasteiger charge is -2.29. The molecule has 0 bridgehead atoms. The number of nitrogens with zero attached hydrogens (tertiary/aromatic N) is 1. The van der Waals surface area contributed by atoms with E-state index in [9.17, 15) is 31.1 Å². The number of methoxy groups -OCH3 is 1. The molecule has 1 amide bonds. The van der Waals surface area contributed by atoms with Crippen molar-refractivity contribution in [1.82, 2.24) is 10.2 Å². The van der Waals surface area contributed by atoms with Gasteiger partial charge in [-0.05, 0) is 71.3 Å². The number of hydrogen-bond donors (Lipinski definition) is 2. The molecule has 2 N–H and O–H groups in total. The Hall–Kier alpha value is -2.11. The molecule has 0 fully saturated rings. The highest BCUT2D eigenvalue weighted by atomic mass is 19.4. The van der Waals surface area contributed by atoms with Crippen molar-refractivity contribution in [2.75, 3.05) is 20.8 Å². The lowest BCUT2D eigenvalue weighted by atomic mass is 10.0. The molecule has 0 spiro atoms. The summed E-state index contributed by atoms with van der Waals surface area (Å²) in [6, 6.07) is 1.70. The van der Waals surface area contributed by atoms with Crippen molar-refractivity contribution >= 4 is 5.91 Å². The SMILES string of the molecule is CC.CC(C)O.CCC(C)N(C)C1C=C[C@H](C(=O)NCc2cc(C(F)(F)F)cc(C(F)(F)F)c2)C1.CCOC. The highest BCUT2D eigenvalue weighted by molar-refractivity contribution is 5.81. The van der Waals surface area contributed by atoms with E-state index in [0.717, 1.165) is 13.0 Å². The van der Waals surface area contributed by atoms with Crippen LogP contribution in [-0.2, 0) is 28.4 Å². The molecule has 2 unspecified atom stereocenters. The molecule has 1 aliphatic rings. The minimum Gasteiger partial charge on any atom is -0.394 e. The van der Waals surface area contributed by atoms with Gasteiger partial charge in [-0.25, -0.2) is 0 Å². The van der Waals surface area contributed by atoms with Crippen LogP contribution >= 0.6 is 0 Å². The maximum Gasteiger partial charge on any atom is 0.416 e. The predicted molar refractivity (Wildman–Crippen MR) is 143 cm³/mol. The van der Waals surface area contributed by atoms with Crippen LogP contribution in [0.2, 0.25) is 0 Å². The molecule has 0 aromatic heterocycles. The number of aliphatic hydroxyl groups is 1. The van der Waals surface area contributed by atoms with Gasteiger partial charge in [0.15, 0.2) is 0 Å². The highest BCUT2D eigenvalue weighted by Crippen LogP contribution is 2.36. The van der Waals surface area contributed by atoms with Crippen molar-refractivity contribution in [1.29, 1.82) is 0 Å². The van der Waals surface area contributed by atoms with E-state index in [1.807, 2.05) is 40.8 Å². The fourth-order valence-corrected chi connectivity index (χ4v) is 3.23. The quantitative estimate of drug-likeness (QED) is 0.271. The number of amides is 1. The summed E-state index contributed by atoms with van der Waals surface area (Å²) in [7, 11) is 3.63. The van der Waals surface area contributed by atoms with Gasteiger partial charge in [0.05, 0.1) is 17.0 Å². The highest BCUT2D eigenvalue weighted by Gasteiger charge is 2.37. The molecule has 0 saturated carbocycles. The maximum atomic E-state index is 12.9. The molecule has 0 saturated heterocycles. The van der Waals surface area contributed by atoms with Crippen molar-refractivity contribution in [3.05, 3.63) is 47.0 Å². The van der Waals surface area contributed by atoms with E-state index in [2.05, 4.69) is 21.9 Å². The van der Waals surface area contributed by atoms with Crippen molar-refractivity contribution in [2.45, 2.75) is 98.4 Å². The molecule has 39 heavy (non-hydrogen) atoms. The van der Waals surface area contributed by atoms with E-state index < -0.39 is 41.8 Å². The van der Waals surface area contributed by atoms with E-state index in [1.165, 1.54) is 0 Å². The summed E-state index contributed by atoms with van der Waals surface area (Å²) >= 11 is 0. The third-order valence-corrected chi connectivity index (χ3v) is 5.61. The van der Waals surface area contributed by atoms with Gasteiger partial charge < -0.3 is 15.2 Å². The molecule has 3 atom stereocenters. The standard InChI is InChI=1S/C20H24F6N2O.2C3H8O.C2H6/c1-4-12(2)28(3)17-6-5-14(9-17)18(29)27-11-13-7-15(19(21,22)23)10-16(8-13)20(24,25)26;1-3-4-2;1-3(2)4;1-2/h5-8,10,12,14,17H,4,9,11H2,1-3H3,(H,27,29);3H2,1-2H3;3-4H,1-2H3;1-2H3/t12?,14-,17?;;;/m0.../s1. The van der Waals surface area contributed by atoms with Crippen LogP contribution in [0.3, 0.4) is 0 Å². The Bertz CT molecular complexity index is 805. The Morgan fingerprint density at radius 1 is 1.03 bits per heavy atom. The van der Waals surface area contributed by atoms with E-state index in [1.54, 1.807) is 27.0 Å². The third-order valence-electron chi connectivity index (χ3n) is 5.61. The summed E-state index contributed by atoms with van der Waals surface area (Å²) in [5.41, 5.74) is -3.05. The summed E-state index contributed by atoms with van der Waals surface area (Å²) in [6.07, 6.45) is -4.91. The number of halogens is 6. The van der Waals surface area contributed by atoms with Gasteiger partial charge in [0.25, 0.3) is 0 Å². The van der Waals surface area contributed by atoms with Crippen molar-refractivity contribution in [2.24, 2.45) is 5.92 Å². The second kappa shape index (κ2) is 19.0. The molecule has 0 radical (unpaired) electrons. The summed E-state index contributed by atoms with van der Waals surface area (Å²) < 4.78 is 82.1. The van der Waals surface area contributed by atoms with Gasteiger partial charge in [-0.2, -0.15) is 26.3 Å². The number of rotatable bonds is 7. The van der Waals surface area contributed by atoms with Crippen LogP contribution in [0.25, 0.3) is 0 Å². The fourth-order valence-electron chi connectivity index (χ4n) is 3.23.